The first kappa shape index (κ1) is 15.5. The first-order valence-corrected chi connectivity index (χ1v) is 8.20. The molecule has 0 spiro atoms. The van der Waals surface area contributed by atoms with Crippen molar-refractivity contribution >= 4 is 27.0 Å². The van der Waals surface area contributed by atoms with Gasteiger partial charge in [0.15, 0.2) is 11.5 Å². The van der Waals surface area contributed by atoms with Crippen LogP contribution in [0.4, 0.5) is 0 Å². The van der Waals surface area contributed by atoms with Crippen molar-refractivity contribution in [1.82, 2.24) is 4.98 Å². The van der Waals surface area contributed by atoms with Crippen LogP contribution in [0.1, 0.15) is 63.3 Å². The van der Waals surface area contributed by atoms with Crippen molar-refractivity contribution in [2.24, 2.45) is 5.73 Å². The zero-order chi connectivity index (χ0) is 14.5. The van der Waals surface area contributed by atoms with Gasteiger partial charge in [0.1, 0.15) is 5.52 Å². The van der Waals surface area contributed by atoms with Crippen LogP contribution in [0.2, 0.25) is 0 Å². The molecule has 0 bridgehead atoms. The van der Waals surface area contributed by atoms with Crippen LogP contribution < -0.4 is 5.73 Å². The SMILES string of the molecule is C1CCCC1.CC(C)c1nc2cc(CN)cc(Br)c2o1. The van der Waals surface area contributed by atoms with Crippen LogP contribution in [0.3, 0.4) is 0 Å². The van der Waals surface area contributed by atoms with Crippen molar-refractivity contribution in [2.75, 3.05) is 0 Å². The molecule has 0 radical (unpaired) electrons. The van der Waals surface area contributed by atoms with Crippen LogP contribution in [-0.2, 0) is 6.54 Å². The average molecular weight is 339 g/mol. The third-order valence-electron chi connectivity index (χ3n) is 3.50. The van der Waals surface area contributed by atoms with Gasteiger partial charge >= 0.3 is 0 Å². The van der Waals surface area contributed by atoms with Crippen LogP contribution in [0.25, 0.3) is 11.1 Å². The Morgan fingerprint density at radius 1 is 1.20 bits per heavy atom. The van der Waals surface area contributed by atoms with E-state index in [2.05, 4.69) is 34.8 Å². The predicted molar refractivity (Wildman–Crippen MR) is 86.8 cm³/mol. The fourth-order valence-electron chi connectivity index (χ4n) is 2.31. The third-order valence-corrected chi connectivity index (χ3v) is 4.09. The largest absolute Gasteiger partial charge is 0.439 e. The predicted octanol–water partition coefficient (Wildman–Crippen LogP) is 5.12. The molecule has 1 fully saturated rings. The van der Waals surface area contributed by atoms with Gasteiger partial charge in [-0.15, -0.1) is 0 Å². The lowest BCUT2D eigenvalue weighted by molar-refractivity contribution is 0.500. The Bertz CT molecular complexity index is 551. The third kappa shape index (κ3) is 3.83. The molecule has 20 heavy (non-hydrogen) atoms. The van der Waals surface area contributed by atoms with Gasteiger partial charge in [-0.25, -0.2) is 4.98 Å². The molecular formula is C16H23BrN2O. The molecule has 1 aromatic carbocycles. The number of benzene rings is 1. The van der Waals surface area contributed by atoms with E-state index in [1.165, 1.54) is 32.1 Å². The first-order chi connectivity index (χ1) is 9.61. The molecule has 110 valence electrons. The summed E-state index contributed by atoms with van der Waals surface area (Å²) in [5.74, 6) is 1.06. The van der Waals surface area contributed by atoms with Gasteiger partial charge in [0.05, 0.1) is 4.47 Å². The molecule has 1 saturated carbocycles. The highest BCUT2D eigenvalue weighted by Crippen LogP contribution is 2.28. The topological polar surface area (TPSA) is 52.0 Å². The van der Waals surface area contributed by atoms with E-state index in [4.69, 9.17) is 10.2 Å². The maximum Gasteiger partial charge on any atom is 0.198 e. The molecule has 0 atom stereocenters. The molecule has 2 aromatic rings. The van der Waals surface area contributed by atoms with Crippen LogP contribution in [0, 0.1) is 0 Å². The van der Waals surface area contributed by atoms with Crippen molar-refractivity contribution in [2.45, 2.75) is 58.4 Å². The summed E-state index contributed by atoms with van der Waals surface area (Å²) >= 11 is 3.46. The van der Waals surface area contributed by atoms with Gasteiger partial charge in [0.2, 0.25) is 0 Å². The van der Waals surface area contributed by atoms with Crippen molar-refractivity contribution in [3.8, 4) is 0 Å². The van der Waals surface area contributed by atoms with Crippen molar-refractivity contribution < 1.29 is 4.42 Å². The van der Waals surface area contributed by atoms with Gasteiger partial charge in [-0.05, 0) is 33.6 Å². The van der Waals surface area contributed by atoms with Crippen LogP contribution in [0.5, 0.6) is 0 Å². The molecule has 1 heterocycles. The summed E-state index contributed by atoms with van der Waals surface area (Å²) in [6.07, 6.45) is 7.50. The van der Waals surface area contributed by atoms with E-state index >= 15 is 0 Å². The fraction of sp³-hybridized carbons (Fsp3) is 0.562. The minimum absolute atomic E-state index is 0.297. The quantitative estimate of drug-likeness (QED) is 0.826. The van der Waals surface area contributed by atoms with E-state index in [0.717, 1.165) is 27.0 Å². The number of hydrogen-bond acceptors (Lipinski definition) is 3. The number of fused-ring (bicyclic) bond motifs is 1. The number of nitrogens with zero attached hydrogens (tertiary/aromatic N) is 1. The summed E-state index contributed by atoms with van der Waals surface area (Å²) in [6.45, 7) is 4.63. The zero-order valence-electron chi connectivity index (χ0n) is 12.3. The second-order valence-corrected chi connectivity index (χ2v) is 6.46. The number of rotatable bonds is 2. The van der Waals surface area contributed by atoms with Gasteiger partial charge in [-0.1, -0.05) is 46.0 Å². The molecule has 1 aliphatic carbocycles. The Balaban J connectivity index is 0.000000247. The average Bonchev–Trinajstić information content (AvgIpc) is 3.10. The Hall–Kier alpha value is -0.870. The highest BCUT2D eigenvalue weighted by atomic mass is 79.9. The standard InChI is InChI=1S/C11H13BrN2O.C5H10/c1-6(2)11-14-9-4-7(5-13)3-8(12)10(9)15-11;1-2-4-5-3-1/h3-4,6H,5,13H2,1-2H3;1-5H2. The molecule has 3 nitrogen and oxygen atoms in total. The van der Waals surface area contributed by atoms with E-state index < -0.39 is 0 Å². The second-order valence-electron chi connectivity index (χ2n) is 5.60. The number of oxazole rings is 1. The normalized spacial score (nSPS) is 14.7. The van der Waals surface area contributed by atoms with Gasteiger partial charge in [0, 0.05) is 12.5 Å². The Morgan fingerprint density at radius 2 is 1.80 bits per heavy atom. The number of nitrogens with two attached hydrogens (primary N) is 1. The molecule has 0 amide bonds. The monoisotopic (exact) mass is 338 g/mol. The van der Waals surface area contributed by atoms with Crippen LogP contribution in [0.15, 0.2) is 21.0 Å². The molecular weight excluding hydrogens is 316 g/mol. The summed E-state index contributed by atoms with van der Waals surface area (Å²) in [7, 11) is 0. The number of aromatic nitrogens is 1. The lowest BCUT2D eigenvalue weighted by atomic mass is 10.2. The Morgan fingerprint density at radius 3 is 2.30 bits per heavy atom. The summed E-state index contributed by atoms with van der Waals surface area (Å²) in [4.78, 5) is 4.43. The maximum absolute atomic E-state index is 5.66. The van der Waals surface area contributed by atoms with Crippen molar-refractivity contribution in [1.29, 1.82) is 0 Å². The molecule has 2 N–H and O–H groups in total. The first-order valence-electron chi connectivity index (χ1n) is 7.40. The molecule has 4 heteroatoms. The van der Waals surface area contributed by atoms with Crippen LogP contribution in [-0.4, -0.2) is 4.98 Å². The minimum Gasteiger partial charge on any atom is -0.439 e. The second kappa shape index (κ2) is 7.23. The Kier molecular flexibility index (Phi) is 5.61. The number of halogens is 1. The molecule has 0 unspecified atom stereocenters. The summed E-state index contributed by atoms with van der Waals surface area (Å²) in [5, 5.41) is 0. The number of hydrogen-bond donors (Lipinski definition) is 1. The molecule has 1 aliphatic rings. The van der Waals surface area contributed by atoms with E-state index in [1.54, 1.807) is 0 Å². The van der Waals surface area contributed by atoms with E-state index in [0.29, 0.717) is 12.5 Å². The van der Waals surface area contributed by atoms with Crippen LogP contribution >= 0.6 is 15.9 Å². The highest BCUT2D eigenvalue weighted by molar-refractivity contribution is 9.10. The highest BCUT2D eigenvalue weighted by Gasteiger charge is 2.12. The van der Waals surface area contributed by atoms with Crippen molar-refractivity contribution in [3.63, 3.8) is 0 Å². The van der Waals surface area contributed by atoms with E-state index in [-0.39, 0.29) is 0 Å². The maximum atomic E-state index is 5.66. The minimum atomic E-state index is 0.297. The van der Waals surface area contributed by atoms with E-state index in [9.17, 15) is 0 Å². The van der Waals surface area contributed by atoms with Gasteiger partial charge < -0.3 is 10.2 Å². The smallest absolute Gasteiger partial charge is 0.198 e. The van der Waals surface area contributed by atoms with E-state index in [1.807, 2.05) is 12.1 Å². The van der Waals surface area contributed by atoms with Crippen molar-refractivity contribution in [3.05, 3.63) is 28.1 Å². The lowest BCUT2D eigenvalue weighted by Crippen LogP contribution is -1.95. The summed E-state index contributed by atoms with van der Waals surface area (Å²) in [6, 6.07) is 3.94. The molecule has 0 saturated heterocycles. The molecule has 0 aliphatic heterocycles. The van der Waals surface area contributed by atoms with Gasteiger partial charge in [0.25, 0.3) is 0 Å². The summed E-state index contributed by atoms with van der Waals surface area (Å²) in [5.41, 5.74) is 8.32. The fourth-order valence-corrected chi connectivity index (χ4v) is 2.89. The Labute approximate surface area is 129 Å². The molecule has 3 rings (SSSR count). The van der Waals surface area contributed by atoms with Gasteiger partial charge in [-0.3, -0.25) is 0 Å². The summed E-state index contributed by atoms with van der Waals surface area (Å²) < 4.78 is 6.58. The molecule has 1 aromatic heterocycles. The van der Waals surface area contributed by atoms with Gasteiger partial charge in [-0.2, -0.15) is 0 Å². The lowest BCUT2D eigenvalue weighted by Gasteiger charge is -1.97. The zero-order valence-corrected chi connectivity index (χ0v) is 13.9.